The Balaban J connectivity index is 1.46. The minimum atomic E-state index is -0.452. The lowest BCUT2D eigenvalue weighted by Gasteiger charge is -2.10. The van der Waals surface area contributed by atoms with Crippen LogP contribution in [0.15, 0.2) is 41.8 Å². The first-order chi connectivity index (χ1) is 13.7. The Morgan fingerprint density at radius 3 is 2.82 bits per heavy atom. The van der Waals surface area contributed by atoms with Gasteiger partial charge in [0, 0.05) is 5.38 Å². The number of methoxy groups -OCH3 is 2. The number of esters is 1. The van der Waals surface area contributed by atoms with Gasteiger partial charge in [-0.1, -0.05) is 6.07 Å². The average Bonchev–Trinajstić information content (AvgIpc) is 3.40. The fraction of sp³-hybridized carbons (Fsp3) is 0.200. The summed E-state index contributed by atoms with van der Waals surface area (Å²) in [7, 11) is 3.17. The minimum absolute atomic E-state index is 0.0655. The summed E-state index contributed by atoms with van der Waals surface area (Å²) in [6, 6.07) is 10.5. The van der Waals surface area contributed by atoms with Gasteiger partial charge in [-0.3, -0.25) is 0 Å². The van der Waals surface area contributed by atoms with Gasteiger partial charge >= 0.3 is 5.97 Å². The molecule has 0 aliphatic carbocycles. The predicted octanol–water partition coefficient (Wildman–Crippen LogP) is 3.91. The summed E-state index contributed by atoms with van der Waals surface area (Å²) in [5.41, 5.74) is 1.87. The van der Waals surface area contributed by atoms with Crippen LogP contribution in [-0.4, -0.2) is 32.0 Å². The third kappa shape index (κ3) is 3.46. The number of hydrogen-bond acceptors (Lipinski definition) is 8. The highest BCUT2D eigenvalue weighted by Crippen LogP contribution is 2.39. The van der Waals surface area contributed by atoms with Crippen molar-refractivity contribution >= 4 is 17.3 Å². The first-order valence-corrected chi connectivity index (χ1v) is 9.30. The molecule has 1 aliphatic heterocycles. The maximum Gasteiger partial charge on any atom is 0.338 e. The quantitative estimate of drug-likeness (QED) is 0.582. The van der Waals surface area contributed by atoms with Gasteiger partial charge in [-0.05, 0) is 30.3 Å². The smallest absolute Gasteiger partial charge is 0.338 e. The van der Waals surface area contributed by atoms with Crippen molar-refractivity contribution in [1.82, 2.24) is 4.98 Å². The summed E-state index contributed by atoms with van der Waals surface area (Å²) in [6.07, 6.45) is 0. The maximum atomic E-state index is 12.3. The molecule has 0 spiro atoms. The van der Waals surface area contributed by atoms with E-state index in [1.807, 2.05) is 23.6 Å². The summed E-state index contributed by atoms with van der Waals surface area (Å²) >= 11 is 1.44. The number of carbonyl (C=O) groups is 1. The number of para-hydroxylation sites is 1. The summed E-state index contributed by atoms with van der Waals surface area (Å²) in [4.78, 5) is 16.8. The Bertz CT molecular complexity index is 1020. The number of nitrogens with zero attached hydrogens (tertiary/aromatic N) is 1. The van der Waals surface area contributed by atoms with E-state index >= 15 is 0 Å². The Labute approximate surface area is 165 Å². The number of rotatable bonds is 6. The molecule has 3 aromatic rings. The number of aromatic nitrogens is 1. The zero-order valence-electron chi connectivity index (χ0n) is 15.3. The second kappa shape index (κ2) is 7.77. The van der Waals surface area contributed by atoms with Crippen molar-refractivity contribution in [3.63, 3.8) is 0 Å². The lowest BCUT2D eigenvalue weighted by molar-refractivity contribution is 0.0468. The highest BCUT2D eigenvalue weighted by molar-refractivity contribution is 7.13. The second-order valence-electron chi connectivity index (χ2n) is 5.83. The van der Waals surface area contributed by atoms with Crippen LogP contribution in [0.4, 0.5) is 0 Å². The largest absolute Gasteiger partial charge is 0.493 e. The molecule has 0 amide bonds. The van der Waals surface area contributed by atoms with Crippen molar-refractivity contribution in [1.29, 1.82) is 0 Å². The van der Waals surface area contributed by atoms with E-state index in [9.17, 15) is 4.79 Å². The van der Waals surface area contributed by atoms with Gasteiger partial charge in [0.2, 0.25) is 6.79 Å². The molecule has 0 fully saturated rings. The van der Waals surface area contributed by atoms with Gasteiger partial charge in [0.05, 0.1) is 31.0 Å². The fourth-order valence-corrected chi connectivity index (χ4v) is 3.62. The van der Waals surface area contributed by atoms with Crippen LogP contribution in [0.3, 0.4) is 0 Å². The highest BCUT2D eigenvalue weighted by Gasteiger charge is 2.18. The molecule has 1 aromatic heterocycles. The van der Waals surface area contributed by atoms with Crippen LogP contribution in [0.25, 0.3) is 10.6 Å². The molecule has 2 heterocycles. The Hall–Kier alpha value is -3.26. The van der Waals surface area contributed by atoms with Crippen LogP contribution in [-0.2, 0) is 11.3 Å². The average molecular weight is 399 g/mol. The minimum Gasteiger partial charge on any atom is -0.493 e. The SMILES string of the molecule is COc1cccc(-c2nc(COC(=O)c3ccc4c(c3)OCO4)cs2)c1OC. The van der Waals surface area contributed by atoms with Crippen LogP contribution in [0.2, 0.25) is 0 Å². The van der Waals surface area contributed by atoms with E-state index in [0.29, 0.717) is 34.3 Å². The highest BCUT2D eigenvalue weighted by atomic mass is 32.1. The Morgan fingerprint density at radius 2 is 2.00 bits per heavy atom. The molecule has 0 saturated carbocycles. The molecule has 4 rings (SSSR count). The molecule has 1 aliphatic rings. The third-order valence-electron chi connectivity index (χ3n) is 4.14. The Morgan fingerprint density at radius 1 is 1.14 bits per heavy atom. The number of ether oxygens (including phenoxy) is 5. The topological polar surface area (TPSA) is 76.1 Å². The third-order valence-corrected chi connectivity index (χ3v) is 5.07. The number of carbonyl (C=O) groups excluding carboxylic acids is 1. The molecule has 8 heteroatoms. The van der Waals surface area contributed by atoms with Crippen LogP contribution >= 0.6 is 11.3 Å². The normalized spacial score (nSPS) is 11.9. The van der Waals surface area contributed by atoms with E-state index in [1.54, 1.807) is 32.4 Å². The van der Waals surface area contributed by atoms with E-state index in [2.05, 4.69) is 4.98 Å². The molecule has 0 radical (unpaired) electrons. The van der Waals surface area contributed by atoms with E-state index in [1.165, 1.54) is 11.3 Å². The number of hydrogen-bond donors (Lipinski definition) is 0. The molecule has 0 N–H and O–H groups in total. The van der Waals surface area contributed by atoms with Crippen LogP contribution in [0.1, 0.15) is 16.1 Å². The monoisotopic (exact) mass is 399 g/mol. The summed E-state index contributed by atoms with van der Waals surface area (Å²) in [5.74, 6) is 1.95. The van der Waals surface area contributed by atoms with Crippen LogP contribution in [0, 0.1) is 0 Å². The van der Waals surface area contributed by atoms with Crippen LogP contribution < -0.4 is 18.9 Å². The lowest BCUT2D eigenvalue weighted by atomic mass is 10.2. The summed E-state index contributed by atoms with van der Waals surface area (Å²) in [5, 5.41) is 2.60. The Kier molecular flexibility index (Phi) is 5.03. The van der Waals surface area contributed by atoms with Crippen molar-refractivity contribution in [2.45, 2.75) is 6.61 Å². The molecule has 2 aromatic carbocycles. The molecular weight excluding hydrogens is 382 g/mol. The molecular formula is C20H17NO6S. The zero-order valence-corrected chi connectivity index (χ0v) is 16.1. The molecule has 0 bridgehead atoms. The molecule has 28 heavy (non-hydrogen) atoms. The number of fused-ring (bicyclic) bond motifs is 1. The molecule has 0 atom stereocenters. The summed E-state index contributed by atoms with van der Waals surface area (Å²) < 4.78 is 26.7. The van der Waals surface area contributed by atoms with Crippen molar-refractivity contribution in [2.75, 3.05) is 21.0 Å². The predicted molar refractivity (Wildman–Crippen MR) is 102 cm³/mol. The zero-order chi connectivity index (χ0) is 19.5. The fourth-order valence-electron chi connectivity index (χ4n) is 2.80. The first kappa shape index (κ1) is 18.1. The molecule has 0 unspecified atom stereocenters. The van der Waals surface area contributed by atoms with E-state index in [-0.39, 0.29) is 13.4 Å². The molecule has 144 valence electrons. The van der Waals surface area contributed by atoms with Gasteiger partial charge in [-0.15, -0.1) is 11.3 Å². The van der Waals surface area contributed by atoms with Gasteiger partial charge in [0.1, 0.15) is 11.6 Å². The van der Waals surface area contributed by atoms with Gasteiger partial charge in [-0.2, -0.15) is 0 Å². The lowest BCUT2D eigenvalue weighted by Crippen LogP contribution is -2.05. The van der Waals surface area contributed by atoms with E-state index in [0.717, 1.165) is 10.6 Å². The van der Waals surface area contributed by atoms with Gasteiger partial charge in [0.25, 0.3) is 0 Å². The van der Waals surface area contributed by atoms with Crippen molar-refractivity contribution in [3.8, 4) is 33.6 Å². The number of thiazole rings is 1. The first-order valence-electron chi connectivity index (χ1n) is 8.42. The summed E-state index contributed by atoms with van der Waals surface area (Å²) in [6.45, 7) is 0.221. The maximum absolute atomic E-state index is 12.3. The van der Waals surface area contributed by atoms with Gasteiger partial charge in [0.15, 0.2) is 23.0 Å². The van der Waals surface area contributed by atoms with Gasteiger partial charge in [-0.25, -0.2) is 9.78 Å². The second-order valence-corrected chi connectivity index (χ2v) is 6.69. The van der Waals surface area contributed by atoms with Crippen molar-refractivity contribution in [2.24, 2.45) is 0 Å². The van der Waals surface area contributed by atoms with Crippen LogP contribution in [0.5, 0.6) is 23.0 Å². The van der Waals surface area contributed by atoms with Gasteiger partial charge < -0.3 is 23.7 Å². The van der Waals surface area contributed by atoms with E-state index < -0.39 is 5.97 Å². The number of benzene rings is 2. The van der Waals surface area contributed by atoms with Crippen molar-refractivity contribution < 1.29 is 28.5 Å². The molecule has 7 nitrogen and oxygen atoms in total. The van der Waals surface area contributed by atoms with Crippen molar-refractivity contribution in [3.05, 3.63) is 53.0 Å². The van der Waals surface area contributed by atoms with E-state index in [4.69, 9.17) is 23.7 Å². The standard InChI is InChI=1S/C20H17NO6S/c1-23-16-5-3-4-14(18(16)24-2)19-21-13(10-28-19)9-25-20(22)12-6-7-15-17(8-12)27-11-26-15/h3-8,10H,9,11H2,1-2H3. The molecule has 0 saturated heterocycles.